The van der Waals surface area contributed by atoms with Crippen molar-refractivity contribution in [3.8, 4) is 11.1 Å². The summed E-state index contributed by atoms with van der Waals surface area (Å²) in [4.78, 5) is 14.1. The number of hydrogen-bond donors (Lipinski definition) is 2. The largest absolute Gasteiger partial charge is 0.396 e. The Morgan fingerprint density at radius 2 is 2.12 bits per heavy atom. The Morgan fingerprint density at radius 3 is 2.79 bits per heavy atom. The Hall–Kier alpha value is -2.34. The average Bonchev–Trinajstić information content (AvgIpc) is 3.06. The van der Waals surface area contributed by atoms with Gasteiger partial charge in [-0.05, 0) is 36.0 Å². The summed E-state index contributed by atoms with van der Waals surface area (Å²) >= 11 is 0. The SMILES string of the molecule is Cn1cc(-c2cccc(CNC(=O)N3CCC(CO)CC3)c2)cn1. The Labute approximate surface area is 142 Å². The zero-order valence-corrected chi connectivity index (χ0v) is 14.0. The zero-order valence-electron chi connectivity index (χ0n) is 14.0. The van der Waals surface area contributed by atoms with Crippen molar-refractivity contribution in [2.45, 2.75) is 19.4 Å². The molecule has 0 unspecified atom stereocenters. The fourth-order valence-corrected chi connectivity index (χ4v) is 3.04. The van der Waals surface area contributed by atoms with E-state index in [1.165, 1.54) is 0 Å². The molecule has 1 aromatic carbocycles. The zero-order chi connectivity index (χ0) is 16.9. The van der Waals surface area contributed by atoms with Crippen LogP contribution in [0.4, 0.5) is 4.79 Å². The topological polar surface area (TPSA) is 70.4 Å². The fourth-order valence-electron chi connectivity index (χ4n) is 3.04. The molecule has 3 rings (SSSR count). The van der Waals surface area contributed by atoms with Gasteiger partial charge >= 0.3 is 6.03 Å². The minimum atomic E-state index is -0.0295. The van der Waals surface area contributed by atoms with Gasteiger partial charge in [0, 0.05) is 45.0 Å². The number of nitrogens with zero attached hydrogens (tertiary/aromatic N) is 3. The van der Waals surface area contributed by atoms with E-state index >= 15 is 0 Å². The van der Waals surface area contributed by atoms with Crippen LogP contribution in [0, 0.1) is 5.92 Å². The van der Waals surface area contributed by atoms with Crippen molar-refractivity contribution in [2.24, 2.45) is 13.0 Å². The van der Waals surface area contributed by atoms with Gasteiger partial charge in [-0.15, -0.1) is 0 Å². The summed E-state index contributed by atoms with van der Waals surface area (Å²) in [5.41, 5.74) is 3.23. The Bertz CT molecular complexity index is 690. The molecule has 24 heavy (non-hydrogen) atoms. The molecule has 1 fully saturated rings. The number of rotatable bonds is 4. The van der Waals surface area contributed by atoms with E-state index in [0.29, 0.717) is 25.6 Å². The van der Waals surface area contributed by atoms with Gasteiger partial charge in [0.1, 0.15) is 0 Å². The molecule has 0 bridgehead atoms. The Morgan fingerprint density at radius 1 is 1.33 bits per heavy atom. The highest BCUT2D eigenvalue weighted by Gasteiger charge is 2.21. The number of benzene rings is 1. The molecule has 0 saturated carbocycles. The van der Waals surface area contributed by atoms with Crippen LogP contribution < -0.4 is 5.32 Å². The summed E-state index contributed by atoms with van der Waals surface area (Å²) in [6, 6.07) is 8.10. The highest BCUT2D eigenvalue weighted by molar-refractivity contribution is 5.74. The first-order valence-electron chi connectivity index (χ1n) is 8.37. The van der Waals surface area contributed by atoms with Crippen LogP contribution in [0.2, 0.25) is 0 Å². The van der Waals surface area contributed by atoms with Crippen LogP contribution in [0.1, 0.15) is 18.4 Å². The number of aromatic nitrogens is 2. The highest BCUT2D eigenvalue weighted by atomic mass is 16.3. The molecule has 1 aromatic heterocycles. The van der Waals surface area contributed by atoms with Gasteiger partial charge in [0.25, 0.3) is 0 Å². The summed E-state index contributed by atoms with van der Waals surface area (Å²) in [6.45, 7) is 2.16. The van der Waals surface area contributed by atoms with E-state index in [-0.39, 0.29) is 12.6 Å². The maximum Gasteiger partial charge on any atom is 0.317 e. The number of aryl methyl sites for hydroxylation is 1. The molecule has 2 N–H and O–H groups in total. The summed E-state index contributed by atoms with van der Waals surface area (Å²) in [7, 11) is 1.90. The van der Waals surface area contributed by atoms with Crippen LogP contribution in [0.3, 0.4) is 0 Å². The number of carbonyl (C=O) groups is 1. The number of nitrogens with one attached hydrogen (secondary N) is 1. The minimum absolute atomic E-state index is 0.0295. The molecule has 1 saturated heterocycles. The quantitative estimate of drug-likeness (QED) is 0.902. The first kappa shape index (κ1) is 16.5. The molecule has 6 nitrogen and oxygen atoms in total. The van der Waals surface area contributed by atoms with Crippen LogP contribution in [0.5, 0.6) is 0 Å². The lowest BCUT2D eigenvalue weighted by Crippen LogP contribution is -2.44. The Kier molecular flexibility index (Phi) is 5.15. The highest BCUT2D eigenvalue weighted by Crippen LogP contribution is 2.20. The van der Waals surface area contributed by atoms with Crippen molar-refractivity contribution in [2.75, 3.05) is 19.7 Å². The van der Waals surface area contributed by atoms with E-state index in [4.69, 9.17) is 5.11 Å². The van der Waals surface area contributed by atoms with Crippen molar-refractivity contribution in [1.82, 2.24) is 20.0 Å². The molecular weight excluding hydrogens is 304 g/mol. The minimum Gasteiger partial charge on any atom is -0.396 e. The number of aliphatic hydroxyl groups is 1. The number of likely N-dealkylation sites (tertiary alicyclic amines) is 1. The molecule has 0 aliphatic carbocycles. The molecule has 6 heteroatoms. The smallest absolute Gasteiger partial charge is 0.317 e. The normalized spacial score (nSPS) is 15.5. The third kappa shape index (κ3) is 3.94. The van der Waals surface area contributed by atoms with E-state index in [1.807, 2.05) is 42.5 Å². The summed E-state index contributed by atoms with van der Waals surface area (Å²) in [5, 5.41) is 16.3. The van der Waals surface area contributed by atoms with Crippen molar-refractivity contribution in [3.05, 3.63) is 42.2 Å². The number of hydrogen-bond acceptors (Lipinski definition) is 3. The van der Waals surface area contributed by atoms with Gasteiger partial charge in [-0.2, -0.15) is 5.10 Å². The first-order chi connectivity index (χ1) is 11.7. The maximum atomic E-state index is 12.3. The molecular formula is C18H24N4O2. The molecule has 2 heterocycles. The molecule has 0 atom stereocenters. The molecule has 0 radical (unpaired) electrons. The molecule has 2 amide bonds. The van der Waals surface area contributed by atoms with Crippen LogP contribution in [-0.4, -0.2) is 45.5 Å². The lowest BCUT2D eigenvalue weighted by Gasteiger charge is -2.31. The van der Waals surface area contributed by atoms with Crippen molar-refractivity contribution < 1.29 is 9.90 Å². The lowest BCUT2D eigenvalue weighted by molar-refractivity contribution is 0.137. The predicted octanol–water partition coefficient (Wildman–Crippen LogP) is 2.00. The van der Waals surface area contributed by atoms with Crippen LogP contribution in [0.25, 0.3) is 11.1 Å². The van der Waals surface area contributed by atoms with E-state index in [1.54, 1.807) is 4.68 Å². The number of piperidine rings is 1. The molecule has 128 valence electrons. The second kappa shape index (κ2) is 7.49. The summed E-state index contributed by atoms with van der Waals surface area (Å²) < 4.78 is 1.78. The van der Waals surface area contributed by atoms with E-state index in [0.717, 1.165) is 29.5 Å². The fraction of sp³-hybridized carbons (Fsp3) is 0.444. The second-order valence-electron chi connectivity index (χ2n) is 6.37. The van der Waals surface area contributed by atoms with E-state index < -0.39 is 0 Å². The van der Waals surface area contributed by atoms with E-state index in [9.17, 15) is 4.79 Å². The molecule has 0 spiro atoms. The van der Waals surface area contributed by atoms with Gasteiger partial charge in [-0.3, -0.25) is 4.68 Å². The van der Waals surface area contributed by atoms with Gasteiger partial charge in [0.05, 0.1) is 6.20 Å². The van der Waals surface area contributed by atoms with Gasteiger partial charge in [-0.1, -0.05) is 18.2 Å². The second-order valence-corrected chi connectivity index (χ2v) is 6.37. The third-order valence-corrected chi connectivity index (χ3v) is 4.57. The number of aliphatic hydroxyl groups excluding tert-OH is 1. The summed E-state index contributed by atoms with van der Waals surface area (Å²) in [6.07, 6.45) is 5.56. The van der Waals surface area contributed by atoms with Gasteiger partial charge in [0.15, 0.2) is 0 Å². The lowest BCUT2D eigenvalue weighted by atomic mass is 9.98. The van der Waals surface area contributed by atoms with Crippen LogP contribution in [0.15, 0.2) is 36.7 Å². The summed E-state index contributed by atoms with van der Waals surface area (Å²) in [5.74, 6) is 0.338. The first-order valence-corrected chi connectivity index (χ1v) is 8.37. The predicted molar refractivity (Wildman–Crippen MR) is 92.3 cm³/mol. The molecule has 2 aromatic rings. The van der Waals surface area contributed by atoms with Gasteiger partial charge in [0.2, 0.25) is 0 Å². The van der Waals surface area contributed by atoms with Crippen molar-refractivity contribution >= 4 is 6.03 Å². The number of urea groups is 1. The van der Waals surface area contributed by atoms with E-state index in [2.05, 4.69) is 16.5 Å². The van der Waals surface area contributed by atoms with Gasteiger partial charge in [-0.25, -0.2) is 4.79 Å². The monoisotopic (exact) mass is 328 g/mol. The standard InChI is InChI=1S/C18H24N4O2/c1-21-12-17(11-20-21)16-4-2-3-15(9-16)10-19-18(24)22-7-5-14(13-23)6-8-22/h2-4,9,11-12,14,23H,5-8,10,13H2,1H3,(H,19,24). The average molecular weight is 328 g/mol. The third-order valence-electron chi connectivity index (χ3n) is 4.57. The van der Waals surface area contributed by atoms with Crippen molar-refractivity contribution in [1.29, 1.82) is 0 Å². The number of amides is 2. The number of carbonyl (C=O) groups excluding carboxylic acids is 1. The maximum absolute atomic E-state index is 12.3. The van der Waals surface area contributed by atoms with Crippen LogP contribution >= 0.6 is 0 Å². The molecule has 1 aliphatic rings. The molecule has 1 aliphatic heterocycles. The van der Waals surface area contributed by atoms with Crippen molar-refractivity contribution in [3.63, 3.8) is 0 Å². The van der Waals surface area contributed by atoms with Crippen LogP contribution in [-0.2, 0) is 13.6 Å². The van der Waals surface area contributed by atoms with Gasteiger partial charge < -0.3 is 15.3 Å². The Balaban J connectivity index is 1.56.